The van der Waals surface area contributed by atoms with Gasteiger partial charge in [0.15, 0.2) is 0 Å². The Bertz CT molecular complexity index is 928. The van der Waals surface area contributed by atoms with Crippen molar-refractivity contribution < 1.29 is 0 Å². The summed E-state index contributed by atoms with van der Waals surface area (Å²) in [5.41, 5.74) is 4.29. The number of rotatable bonds is 2. The molecule has 0 N–H and O–H groups in total. The van der Waals surface area contributed by atoms with E-state index in [4.69, 9.17) is 4.98 Å². The second kappa shape index (κ2) is 5.43. The van der Waals surface area contributed by atoms with Crippen LogP contribution in [0.15, 0.2) is 83.3 Å². The molecule has 0 spiro atoms. The van der Waals surface area contributed by atoms with Crippen LogP contribution in [-0.4, -0.2) is 9.55 Å². The lowest BCUT2D eigenvalue weighted by molar-refractivity contribution is 1.10. The predicted octanol–water partition coefficient (Wildman–Crippen LogP) is 5.46. The van der Waals surface area contributed by atoms with Gasteiger partial charge in [0.05, 0.1) is 11.0 Å². The average Bonchev–Trinajstić information content (AvgIpc) is 2.97. The van der Waals surface area contributed by atoms with E-state index in [1.165, 1.54) is 0 Å². The van der Waals surface area contributed by atoms with Crippen LogP contribution < -0.4 is 0 Å². The minimum absolute atomic E-state index is 0.953. The van der Waals surface area contributed by atoms with Gasteiger partial charge in [-0.3, -0.25) is 4.57 Å². The van der Waals surface area contributed by atoms with Crippen molar-refractivity contribution in [2.45, 2.75) is 0 Å². The van der Waals surface area contributed by atoms with Crippen LogP contribution in [0.2, 0.25) is 0 Å². The normalized spacial score (nSPS) is 11.0. The molecule has 0 atom stereocenters. The van der Waals surface area contributed by atoms with Crippen LogP contribution in [0.25, 0.3) is 28.1 Å². The number of imidazole rings is 1. The number of para-hydroxylation sites is 2. The van der Waals surface area contributed by atoms with Crippen molar-refractivity contribution >= 4 is 27.0 Å². The van der Waals surface area contributed by atoms with E-state index < -0.39 is 0 Å². The SMILES string of the molecule is Brc1cccc2nc(-c3ccccc3)n(-c3ccccc3)c12. The van der Waals surface area contributed by atoms with E-state index in [0.29, 0.717) is 0 Å². The summed E-state index contributed by atoms with van der Waals surface area (Å²) in [6, 6.07) is 26.7. The maximum absolute atomic E-state index is 4.85. The third kappa shape index (κ3) is 2.14. The molecule has 0 aliphatic carbocycles. The lowest BCUT2D eigenvalue weighted by Crippen LogP contribution is -1.97. The average molecular weight is 349 g/mol. The van der Waals surface area contributed by atoms with Crippen molar-refractivity contribution in [3.8, 4) is 17.1 Å². The molecule has 0 aliphatic heterocycles. The van der Waals surface area contributed by atoms with Gasteiger partial charge in [-0.1, -0.05) is 54.6 Å². The Hall–Kier alpha value is -2.39. The van der Waals surface area contributed by atoms with E-state index in [2.05, 4.69) is 50.8 Å². The second-order valence-corrected chi connectivity index (χ2v) is 5.93. The molecule has 3 heteroatoms. The topological polar surface area (TPSA) is 17.8 Å². The fraction of sp³-hybridized carbons (Fsp3) is 0. The van der Waals surface area contributed by atoms with Crippen LogP contribution in [0, 0.1) is 0 Å². The summed E-state index contributed by atoms with van der Waals surface area (Å²) in [4.78, 5) is 4.85. The summed E-state index contributed by atoms with van der Waals surface area (Å²) >= 11 is 3.67. The zero-order valence-electron chi connectivity index (χ0n) is 11.8. The number of aromatic nitrogens is 2. The van der Waals surface area contributed by atoms with Gasteiger partial charge in [-0.05, 0) is 40.2 Å². The molecule has 2 nitrogen and oxygen atoms in total. The molecule has 0 saturated heterocycles. The van der Waals surface area contributed by atoms with Crippen molar-refractivity contribution in [3.05, 3.63) is 83.3 Å². The third-order valence-electron chi connectivity index (χ3n) is 3.67. The highest BCUT2D eigenvalue weighted by molar-refractivity contribution is 9.10. The van der Waals surface area contributed by atoms with Crippen molar-refractivity contribution in [3.63, 3.8) is 0 Å². The highest BCUT2D eigenvalue weighted by Crippen LogP contribution is 2.32. The summed E-state index contributed by atoms with van der Waals surface area (Å²) < 4.78 is 3.25. The molecule has 22 heavy (non-hydrogen) atoms. The quantitative estimate of drug-likeness (QED) is 0.470. The fourth-order valence-corrected chi connectivity index (χ4v) is 3.23. The smallest absolute Gasteiger partial charge is 0.145 e. The minimum atomic E-state index is 0.953. The monoisotopic (exact) mass is 348 g/mol. The number of hydrogen-bond acceptors (Lipinski definition) is 1. The standard InChI is InChI=1S/C19H13BrN2/c20-16-12-7-13-17-18(16)22(15-10-5-2-6-11-15)19(21-17)14-8-3-1-4-9-14/h1-13H. The first-order valence-electron chi connectivity index (χ1n) is 7.12. The van der Waals surface area contributed by atoms with Crippen LogP contribution in [-0.2, 0) is 0 Å². The first kappa shape index (κ1) is 13.3. The van der Waals surface area contributed by atoms with Gasteiger partial charge in [0, 0.05) is 15.7 Å². The van der Waals surface area contributed by atoms with Gasteiger partial charge in [0.2, 0.25) is 0 Å². The van der Waals surface area contributed by atoms with E-state index in [0.717, 1.165) is 32.6 Å². The van der Waals surface area contributed by atoms with Crippen LogP contribution in [0.4, 0.5) is 0 Å². The first-order valence-corrected chi connectivity index (χ1v) is 7.92. The molecule has 4 aromatic rings. The third-order valence-corrected chi connectivity index (χ3v) is 4.31. The Kier molecular flexibility index (Phi) is 3.28. The van der Waals surface area contributed by atoms with Crippen molar-refractivity contribution in [2.24, 2.45) is 0 Å². The highest BCUT2D eigenvalue weighted by Gasteiger charge is 2.15. The zero-order chi connectivity index (χ0) is 14.9. The molecule has 3 aromatic carbocycles. The molecular formula is C19H13BrN2. The van der Waals surface area contributed by atoms with E-state index in [1.807, 2.05) is 48.5 Å². The van der Waals surface area contributed by atoms with Crippen LogP contribution in [0.3, 0.4) is 0 Å². The van der Waals surface area contributed by atoms with Crippen LogP contribution in [0.1, 0.15) is 0 Å². The maximum atomic E-state index is 4.85. The van der Waals surface area contributed by atoms with Crippen molar-refractivity contribution in [2.75, 3.05) is 0 Å². The molecule has 0 fully saturated rings. The van der Waals surface area contributed by atoms with Gasteiger partial charge in [-0.2, -0.15) is 0 Å². The van der Waals surface area contributed by atoms with E-state index in [1.54, 1.807) is 0 Å². The van der Waals surface area contributed by atoms with Gasteiger partial charge >= 0.3 is 0 Å². The number of fused-ring (bicyclic) bond motifs is 1. The predicted molar refractivity (Wildman–Crippen MR) is 94.2 cm³/mol. The summed E-state index contributed by atoms with van der Waals surface area (Å²) in [6.45, 7) is 0. The largest absolute Gasteiger partial charge is 0.291 e. The highest BCUT2D eigenvalue weighted by atomic mass is 79.9. The van der Waals surface area contributed by atoms with E-state index in [-0.39, 0.29) is 0 Å². The van der Waals surface area contributed by atoms with E-state index in [9.17, 15) is 0 Å². The van der Waals surface area contributed by atoms with Crippen LogP contribution in [0.5, 0.6) is 0 Å². The Morgan fingerprint density at radius 2 is 1.41 bits per heavy atom. The lowest BCUT2D eigenvalue weighted by atomic mass is 10.2. The van der Waals surface area contributed by atoms with Crippen molar-refractivity contribution in [1.82, 2.24) is 9.55 Å². The number of nitrogens with zero attached hydrogens (tertiary/aromatic N) is 2. The number of hydrogen-bond donors (Lipinski definition) is 0. The summed E-state index contributed by atoms with van der Waals surface area (Å²) in [5, 5.41) is 0. The molecule has 4 rings (SSSR count). The molecule has 0 saturated carbocycles. The Balaban J connectivity index is 2.11. The minimum Gasteiger partial charge on any atom is -0.291 e. The molecular weight excluding hydrogens is 336 g/mol. The van der Waals surface area contributed by atoms with Crippen molar-refractivity contribution in [1.29, 1.82) is 0 Å². The lowest BCUT2D eigenvalue weighted by Gasteiger charge is -2.10. The zero-order valence-corrected chi connectivity index (χ0v) is 13.4. The van der Waals surface area contributed by atoms with E-state index >= 15 is 0 Å². The summed E-state index contributed by atoms with van der Waals surface area (Å²) in [5.74, 6) is 0.953. The summed E-state index contributed by atoms with van der Waals surface area (Å²) in [7, 11) is 0. The number of benzene rings is 3. The Labute approximate surface area is 137 Å². The maximum Gasteiger partial charge on any atom is 0.145 e. The van der Waals surface area contributed by atoms with Gasteiger partial charge in [-0.15, -0.1) is 0 Å². The fourth-order valence-electron chi connectivity index (χ4n) is 2.69. The number of halogens is 1. The Morgan fingerprint density at radius 1 is 0.727 bits per heavy atom. The second-order valence-electron chi connectivity index (χ2n) is 5.08. The van der Waals surface area contributed by atoms with Crippen LogP contribution >= 0.6 is 15.9 Å². The van der Waals surface area contributed by atoms with Gasteiger partial charge in [0.25, 0.3) is 0 Å². The Morgan fingerprint density at radius 3 is 2.14 bits per heavy atom. The van der Waals surface area contributed by atoms with Gasteiger partial charge in [-0.25, -0.2) is 4.98 Å². The molecule has 1 aromatic heterocycles. The van der Waals surface area contributed by atoms with Gasteiger partial charge < -0.3 is 0 Å². The first-order chi connectivity index (χ1) is 10.8. The molecule has 1 heterocycles. The summed E-state index contributed by atoms with van der Waals surface area (Å²) in [6.07, 6.45) is 0. The molecule has 106 valence electrons. The molecule has 0 bridgehead atoms. The van der Waals surface area contributed by atoms with Gasteiger partial charge in [0.1, 0.15) is 5.82 Å². The molecule has 0 unspecified atom stereocenters. The molecule has 0 aliphatic rings. The molecule has 0 amide bonds. The molecule has 0 radical (unpaired) electrons.